The summed E-state index contributed by atoms with van der Waals surface area (Å²) >= 11 is 0. The van der Waals surface area contributed by atoms with E-state index in [1.807, 2.05) is 44.2 Å². The van der Waals surface area contributed by atoms with Gasteiger partial charge in [0, 0.05) is 30.4 Å². The van der Waals surface area contributed by atoms with E-state index in [9.17, 15) is 9.59 Å². The van der Waals surface area contributed by atoms with Crippen LogP contribution in [-0.4, -0.2) is 25.5 Å². The molecule has 1 aliphatic heterocycles. The number of methoxy groups -OCH3 is 1. The number of rotatable bonds is 4. The van der Waals surface area contributed by atoms with E-state index in [1.54, 1.807) is 24.1 Å². The van der Waals surface area contributed by atoms with Crippen molar-refractivity contribution in [2.45, 2.75) is 20.3 Å². The highest BCUT2D eigenvalue weighted by Crippen LogP contribution is 2.28. The van der Waals surface area contributed by atoms with Gasteiger partial charge in [-0.2, -0.15) is 0 Å². The monoisotopic (exact) mass is 338 g/mol. The second-order valence-electron chi connectivity index (χ2n) is 6.40. The number of nitrogens with one attached hydrogen (secondary N) is 1. The molecule has 2 amide bonds. The summed E-state index contributed by atoms with van der Waals surface area (Å²) in [5.41, 5.74) is 3.84. The van der Waals surface area contributed by atoms with Crippen LogP contribution < -0.4 is 15.0 Å². The van der Waals surface area contributed by atoms with Gasteiger partial charge in [-0.25, -0.2) is 0 Å². The Morgan fingerprint density at radius 1 is 1.16 bits per heavy atom. The van der Waals surface area contributed by atoms with Crippen LogP contribution in [0.25, 0.3) is 0 Å². The summed E-state index contributed by atoms with van der Waals surface area (Å²) in [6.07, 6.45) is 0.225. The van der Waals surface area contributed by atoms with Gasteiger partial charge < -0.3 is 15.0 Å². The Kier molecular flexibility index (Phi) is 4.74. The Morgan fingerprint density at radius 2 is 1.96 bits per heavy atom. The minimum atomic E-state index is -0.361. The molecule has 130 valence electrons. The zero-order valence-corrected chi connectivity index (χ0v) is 14.7. The number of anilines is 2. The van der Waals surface area contributed by atoms with Crippen molar-refractivity contribution in [3.63, 3.8) is 0 Å². The number of ether oxygens (including phenoxy) is 1. The summed E-state index contributed by atoms with van der Waals surface area (Å²) in [5.74, 6) is 0.152. The van der Waals surface area contributed by atoms with E-state index in [1.165, 1.54) is 5.56 Å². The van der Waals surface area contributed by atoms with Crippen LogP contribution in [0.3, 0.4) is 0 Å². The first-order chi connectivity index (χ1) is 12.0. The fraction of sp³-hybridized carbons (Fsp3) is 0.300. The lowest BCUT2D eigenvalue weighted by molar-refractivity contribution is -0.122. The Balaban J connectivity index is 1.70. The molecule has 0 bridgehead atoms. The van der Waals surface area contributed by atoms with Gasteiger partial charge in [0.1, 0.15) is 5.75 Å². The largest absolute Gasteiger partial charge is 0.497 e. The van der Waals surface area contributed by atoms with Crippen LogP contribution in [0.2, 0.25) is 0 Å². The standard InChI is InChI=1S/C20H22N2O3/c1-13-7-8-17(9-14(13)2)22-12-15(10-19(22)23)20(24)21-16-5-4-6-18(11-16)25-3/h4-9,11,15H,10,12H2,1-3H3,(H,21,24)/t15-/m0/s1. The van der Waals surface area contributed by atoms with E-state index in [0.29, 0.717) is 18.0 Å². The number of aryl methyl sites for hydroxylation is 2. The predicted molar refractivity (Wildman–Crippen MR) is 98.0 cm³/mol. The fourth-order valence-electron chi connectivity index (χ4n) is 2.97. The third-order valence-electron chi connectivity index (χ3n) is 4.64. The molecular weight excluding hydrogens is 316 g/mol. The van der Waals surface area contributed by atoms with E-state index in [0.717, 1.165) is 11.3 Å². The maximum Gasteiger partial charge on any atom is 0.229 e. The molecule has 1 aliphatic rings. The summed E-state index contributed by atoms with van der Waals surface area (Å²) in [6, 6.07) is 13.1. The van der Waals surface area contributed by atoms with Crippen LogP contribution in [0.15, 0.2) is 42.5 Å². The highest BCUT2D eigenvalue weighted by Gasteiger charge is 2.35. The normalized spacial score (nSPS) is 16.8. The van der Waals surface area contributed by atoms with Crippen LogP contribution in [0.4, 0.5) is 11.4 Å². The number of benzene rings is 2. The van der Waals surface area contributed by atoms with Crippen molar-refractivity contribution < 1.29 is 14.3 Å². The number of amides is 2. The van der Waals surface area contributed by atoms with Crippen molar-refractivity contribution in [2.24, 2.45) is 5.92 Å². The number of hydrogen-bond donors (Lipinski definition) is 1. The van der Waals surface area contributed by atoms with Gasteiger partial charge in [-0.05, 0) is 49.2 Å². The summed E-state index contributed by atoms with van der Waals surface area (Å²) in [4.78, 5) is 26.6. The first-order valence-electron chi connectivity index (χ1n) is 8.30. The lowest BCUT2D eigenvalue weighted by Gasteiger charge is -2.18. The van der Waals surface area contributed by atoms with Crippen LogP contribution in [-0.2, 0) is 9.59 Å². The predicted octanol–water partition coefficient (Wildman–Crippen LogP) is 3.30. The van der Waals surface area contributed by atoms with Gasteiger partial charge in [-0.1, -0.05) is 12.1 Å². The van der Waals surface area contributed by atoms with Crippen LogP contribution in [0.5, 0.6) is 5.75 Å². The van der Waals surface area contributed by atoms with Gasteiger partial charge >= 0.3 is 0 Å². The molecule has 2 aromatic carbocycles. The van der Waals surface area contributed by atoms with Gasteiger partial charge in [0.15, 0.2) is 0 Å². The molecule has 0 radical (unpaired) electrons. The second kappa shape index (κ2) is 6.97. The molecule has 1 heterocycles. The molecule has 0 unspecified atom stereocenters. The van der Waals surface area contributed by atoms with Crippen molar-refractivity contribution in [3.8, 4) is 5.75 Å². The van der Waals surface area contributed by atoms with Crippen molar-refractivity contribution in [1.82, 2.24) is 0 Å². The number of nitrogens with zero attached hydrogens (tertiary/aromatic N) is 1. The van der Waals surface area contributed by atoms with Crippen molar-refractivity contribution >= 4 is 23.2 Å². The van der Waals surface area contributed by atoms with Crippen LogP contribution in [0, 0.1) is 19.8 Å². The van der Waals surface area contributed by atoms with Crippen molar-refractivity contribution in [1.29, 1.82) is 0 Å². The van der Waals surface area contributed by atoms with E-state index in [-0.39, 0.29) is 24.2 Å². The Labute approximate surface area is 147 Å². The molecule has 5 nitrogen and oxygen atoms in total. The summed E-state index contributed by atoms with van der Waals surface area (Å²) < 4.78 is 5.16. The van der Waals surface area contributed by atoms with Crippen molar-refractivity contribution in [2.75, 3.05) is 23.9 Å². The average Bonchev–Trinajstić information content (AvgIpc) is 2.99. The van der Waals surface area contributed by atoms with E-state index in [2.05, 4.69) is 5.32 Å². The maximum absolute atomic E-state index is 12.5. The molecule has 1 saturated heterocycles. The lowest BCUT2D eigenvalue weighted by atomic mass is 10.1. The molecule has 1 fully saturated rings. The Bertz CT molecular complexity index is 816. The van der Waals surface area contributed by atoms with E-state index in [4.69, 9.17) is 4.74 Å². The Morgan fingerprint density at radius 3 is 2.68 bits per heavy atom. The van der Waals surface area contributed by atoms with Crippen molar-refractivity contribution in [3.05, 3.63) is 53.6 Å². The molecule has 1 N–H and O–H groups in total. The van der Waals surface area contributed by atoms with Gasteiger partial charge in [0.05, 0.1) is 13.0 Å². The smallest absolute Gasteiger partial charge is 0.229 e. The Hall–Kier alpha value is -2.82. The first-order valence-corrected chi connectivity index (χ1v) is 8.30. The number of carbonyl (C=O) groups excluding carboxylic acids is 2. The first kappa shape index (κ1) is 17.0. The molecule has 25 heavy (non-hydrogen) atoms. The molecule has 1 atom stereocenters. The third-order valence-corrected chi connectivity index (χ3v) is 4.64. The topological polar surface area (TPSA) is 58.6 Å². The van der Waals surface area contributed by atoms with Gasteiger partial charge in [-0.15, -0.1) is 0 Å². The summed E-state index contributed by atoms with van der Waals surface area (Å²) in [7, 11) is 1.58. The number of carbonyl (C=O) groups is 2. The second-order valence-corrected chi connectivity index (χ2v) is 6.40. The van der Waals surface area contributed by atoms with E-state index >= 15 is 0 Å². The van der Waals surface area contributed by atoms with Gasteiger partial charge in [-0.3, -0.25) is 9.59 Å². The van der Waals surface area contributed by atoms with Crippen LogP contribution >= 0.6 is 0 Å². The quantitative estimate of drug-likeness (QED) is 0.930. The van der Waals surface area contributed by atoms with Gasteiger partial charge in [0.25, 0.3) is 0 Å². The molecule has 5 heteroatoms. The maximum atomic E-state index is 12.5. The molecular formula is C20H22N2O3. The number of hydrogen-bond acceptors (Lipinski definition) is 3. The SMILES string of the molecule is COc1cccc(NC(=O)[C@H]2CC(=O)N(c3ccc(C)c(C)c3)C2)c1. The zero-order valence-electron chi connectivity index (χ0n) is 14.7. The minimum absolute atomic E-state index is 0.0194. The van der Waals surface area contributed by atoms with Crippen LogP contribution in [0.1, 0.15) is 17.5 Å². The molecule has 3 rings (SSSR count). The lowest BCUT2D eigenvalue weighted by Crippen LogP contribution is -2.28. The zero-order chi connectivity index (χ0) is 18.0. The highest BCUT2D eigenvalue weighted by atomic mass is 16.5. The fourth-order valence-corrected chi connectivity index (χ4v) is 2.97. The third kappa shape index (κ3) is 3.65. The van der Waals surface area contributed by atoms with E-state index < -0.39 is 0 Å². The minimum Gasteiger partial charge on any atom is -0.497 e. The highest BCUT2D eigenvalue weighted by molar-refractivity contribution is 6.03. The molecule has 0 saturated carbocycles. The molecule has 0 aromatic heterocycles. The summed E-state index contributed by atoms with van der Waals surface area (Å²) in [6.45, 7) is 4.46. The summed E-state index contributed by atoms with van der Waals surface area (Å²) in [5, 5.41) is 2.87. The molecule has 2 aromatic rings. The molecule has 0 spiro atoms. The average molecular weight is 338 g/mol. The molecule has 0 aliphatic carbocycles. The van der Waals surface area contributed by atoms with Gasteiger partial charge in [0.2, 0.25) is 11.8 Å².